The number of hydrogen-bond donors (Lipinski definition) is 2. The fraction of sp³-hybridized carbons (Fsp3) is 0.481. The van der Waals surface area contributed by atoms with E-state index in [2.05, 4.69) is 23.6 Å². The molecule has 2 aromatic rings. The first-order chi connectivity index (χ1) is 18.0. The third-order valence-electron chi connectivity index (χ3n) is 7.33. The molecule has 4 rings (SSSR count). The van der Waals surface area contributed by atoms with Crippen molar-refractivity contribution in [2.45, 2.75) is 39.0 Å². The molecule has 2 heterocycles. The topological polar surface area (TPSA) is 114 Å². The van der Waals surface area contributed by atoms with Gasteiger partial charge in [-0.15, -0.1) is 0 Å². The van der Waals surface area contributed by atoms with Gasteiger partial charge in [0.25, 0.3) is 11.8 Å². The van der Waals surface area contributed by atoms with Gasteiger partial charge in [0, 0.05) is 75.6 Å². The Morgan fingerprint density at radius 1 is 0.868 bits per heavy atom. The van der Waals surface area contributed by atoms with E-state index >= 15 is 0 Å². The number of nitrogens with one attached hydrogen (secondary N) is 1. The highest BCUT2D eigenvalue weighted by Gasteiger charge is 2.33. The molecule has 2 amide bonds. The molecule has 206 valence electrons. The molecule has 2 aromatic carbocycles. The monoisotopic (exact) mass is 543 g/mol. The summed E-state index contributed by atoms with van der Waals surface area (Å²) < 4.78 is 25.1. The lowest BCUT2D eigenvalue weighted by Crippen LogP contribution is -2.58. The third-order valence-corrected chi connectivity index (χ3v) is 8.64. The van der Waals surface area contributed by atoms with E-state index in [1.54, 1.807) is 17.6 Å². The van der Waals surface area contributed by atoms with Gasteiger partial charge < -0.3 is 4.90 Å². The average molecular weight is 544 g/mol. The Balaban J connectivity index is 1.35. The molecule has 2 atom stereocenters. The predicted molar refractivity (Wildman–Crippen MR) is 144 cm³/mol. The fourth-order valence-electron chi connectivity index (χ4n) is 5.48. The zero-order valence-electron chi connectivity index (χ0n) is 22.2. The second kappa shape index (κ2) is 11.9. The van der Waals surface area contributed by atoms with Crippen LogP contribution in [0, 0.1) is 0 Å². The number of hydrogen-bond acceptors (Lipinski definition) is 7. The lowest BCUT2D eigenvalue weighted by atomic mass is 10.0. The minimum absolute atomic E-state index is 0.0211. The highest BCUT2D eigenvalue weighted by molar-refractivity contribution is 7.88. The van der Waals surface area contributed by atoms with Gasteiger partial charge in [-0.25, -0.2) is 13.9 Å². The number of sulfonamides is 1. The Bertz CT molecular complexity index is 1230. The van der Waals surface area contributed by atoms with Gasteiger partial charge in [0.15, 0.2) is 0 Å². The van der Waals surface area contributed by atoms with E-state index in [0.717, 1.165) is 24.2 Å². The van der Waals surface area contributed by atoms with E-state index < -0.39 is 15.9 Å². The van der Waals surface area contributed by atoms with Crippen molar-refractivity contribution >= 4 is 21.8 Å². The molecule has 0 aliphatic carbocycles. The molecule has 2 aliphatic heterocycles. The molecular weight excluding hydrogens is 506 g/mol. The standard InChI is InChI=1S/C27H37N5O5S/c1-20-16-30(18-22-7-9-24(10-8-22)26(33)28-35)17-21(2)32(20)27(34)25-6-4-5-23(15-25)19-29-11-13-31(14-12-29)38(3,36)37/h4-10,15,20-21,35H,11-14,16-19H2,1-3H3,(H,28,33)/t20-,21+. The second-order valence-corrected chi connectivity index (χ2v) is 12.4. The van der Waals surface area contributed by atoms with Gasteiger partial charge in [-0.1, -0.05) is 24.3 Å². The molecule has 0 aromatic heterocycles. The van der Waals surface area contributed by atoms with Gasteiger partial charge in [0.2, 0.25) is 10.0 Å². The molecule has 11 heteroatoms. The minimum Gasteiger partial charge on any atom is -0.331 e. The molecule has 2 fully saturated rings. The fourth-order valence-corrected chi connectivity index (χ4v) is 6.30. The second-order valence-electron chi connectivity index (χ2n) is 10.4. The molecule has 0 spiro atoms. The van der Waals surface area contributed by atoms with Crippen LogP contribution >= 0.6 is 0 Å². The van der Waals surface area contributed by atoms with Crippen LogP contribution in [0.1, 0.15) is 45.7 Å². The normalized spacial score (nSPS) is 21.8. The van der Waals surface area contributed by atoms with Crippen LogP contribution in [0.5, 0.6) is 0 Å². The summed E-state index contributed by atoms with van der Waals surface area (Å²) in [6.45, 7) is 9.30. The summed E-state index contributed by atoms with van der Waals surface area (Å²) in [7, 11) is -3.16. The summed E-state index contributed by atoms with van der Waals surface area (Å²) in [4.78, 5) is 31.6. The van der Waals surface area contributed by atoms with Crippen LogP contribution < -0.4 is 5.48 Å². The van der Waals surface area contributed by atoms with Crippen molar-refractivity contribution in [1.29, 1.82) is 0 Å². The first-order valence-electron chi connectivity index (χ1n) is 12.9. The van der Waals surface area contributed by atoms with E-state index in [-0.39, 0.29) is 18.0 Å². The Labute approximate surface area is 224 Å². The summed E-state index contributed by atoms with van der Waals surface area (Å²) in [6, 6.07) is 14.9. The molecule has 10 nitrogen and oxygen atoms in total. The van der Waals surface area contributed by atoms with Crippen LogP contribution in [0.25, 0.3) is 0 Å². The lowest BCUT2D eigenvalue weighted by molar-refractivity contribution is 0.0268. The van der Waals surface area contributed by atoms with Gasteiger partial charge in [-0.2, -0.15) is 4.31 Å². The zero-order chi connectivity index (χ0) is 27.4. The van der Waals surface area contributed by atoms with Crippen LogP contribution in [0.2, 0.25) is 0 Å². The smallest absolute Gasteiger partial charge is 0.274 e. The van der Waals surface area contributed by atoms with Crippen LogP contribution in [0.4, 0.5) is 0 Å². The highest BCUT2D eigenvalue weighted by Crippen LogP contribution is 2.22. The van der Waals surface area contributed by atoms with Crippen molar-refractivity contribution in [3.63, 3.8) is 0 Å². The average Bonchev–Trinajstić information content (AvgIpc) is 2.88. The first kappa shape index (κ1) is 28.2. The molecule has 0 saturated carbocycles. The van der Waals surface area contributed by atoms with Crippen molar-refractivity contribution in [2.75, 3.05) is 45.5 Å². The largest absolute Gasteiger partial charge is 0.331 e. The summed E-state index contributed by atoms with van der Waals surface area (Å²) in [6.07, 6.45) is 1.25. The number of rotatable bonds is 7. The first-order valence-corrected chi connectivity index (χ1v) is 14.7. The van der Waals surface area contributed by atoms with E-state index in [1.807, 2.05) is 41.3 Å². The van der Waals surface area contributed by atoms with Crippen molar-refractivity contribution in [3.8, 4) is 0 Å². The molecule has 38 heavy (non-hydrogen) atoms. The molecule has 0 unspecified atom stereocenters. The third kappa shape index (κ3) is 6.78. The van der Waals surface area contributed by atoms with Crippen molar-refractivity contribution in [3.05, 3.63) is 70.8 Å². The van der Waals surface area contributed by atoms with Crippen molar-refractivity contribution in [1.82, 2.24) is 24.5 Å². The Hall–Kier alpha value is -2.83. The van der Waals surface area contributed by atoms with E-state index in [4.69, 9.17) is 5.21 Å². The molecular formula is C27H37N5O5S. The minimum atomic E-state index is -3.16. The van der Waals surface area contributed by atoms with Gasteiger partial charge in [0.05, 0.1) is 6.26 Å². The number of piperazine rings is 2. The lowest BCUT2D eigenvalue weighted by Gasteiger charge is -2.44. The van der Waals surface area contributed by atoms with Crippen LogP contribution in [0.3, 0.4) is 0 Å². The predicted octanol–water partition coefficient (Wildman–Crippen LogP) is 1.62. The summed E-state index contributed by atoms with van der Waals surface area (Å²) >= 11 is 0. The summed E-state index contributed by atoms with van der Waals surface area (Å²) in [5.41, 5.74) is 4.81. The number of nitrogens with zero attached hydrogens (tertiary/aromatic N) is 4. The Kier molecular flexibility index (Phi) is 8.84. The Morgan fingerprint density at radius 3 is 2.05 bits per heavy atom. The molecule has 2 N–H and O–H groups in total. The van der Waals surface area contributed by atoms with Gasteiger partial charge in [0.1, 0.15) is 0 Å². The van der Waals surface area contributed by atoms with E-state index in [1.165, 1.54) is 10.6 Å². The van der Waals surface area contributed by atoms with Crippen LogP contribution in [0.15, 0.2) is 48.5 Å². The maximum atomic E-state index is 13.6. The molecule has 0 bridgehead atoms. The van der Waals surface area contributed by atoms with Crippen molar-refractivity contribution in [2.24, 2.45) is 0 Å². The van der Waals surface area contributed by atoms with E-state index in [9.17, 15) is 18.0 Å². The number of hydroxylamine groups is 1. The number of benzene rings is 2. The number of amides is 2. The number of carbonyl (C=O) groups excluding carboxylic acids is 2. The van der Waals surface area contributed by atoms with Gasteiger partial charge >= 0.3 is 0 Å². The number of carbonyl (C=O) groups is 2. The zero-order valence-corrected chi connectivity index (χ0v) is 23.0. The van der Waals surface area contributed by atoms with Gasteiger partial charge in [-0.05, 0) is 49.2 Å². The SMILES string of the molecule is C[C@@H]1CN(Cc2ccc(C(=O)NO)cc2)C[C@H](C)N1C(=O)c1cccc(CN2CCN(S(C)(=O)=O)CC2)c1. The van der Waals surface area contributed by atoms with Crippen molar-refractivity contribution < 1.29 is 23.2 Å². The Morgan fingerprint density at radius 2 is 1.47 bits per heavy atom. The maximum absolute atomic E-state index is 13.6. The summed E-state index contributed by atoms with van der Waals surface area (Å²) in [5.74, 6) is -0.516. The highest BCUT2D eigenvalue weighted by atomic mass is 32.2. The molecule has 2 aliphatic rings. The van der Waals surface area contributed by atoms with Crippen LogP contribution in [-0.4, -0.2) is 102 Å². The molecule has 0 radical (unpaired) electrons. The summed E-state index contributed by atoms with van der Waals surface area (Å²) in [5, 5.41) is 8.79. The van der Waals surface area contributed by atoms with E-state index in [0.29, 0.717) is 50.4 Å². The quantitative estimate of drug-likeness (QED) is 0.403. The van der Waals surface area contributed by atoms with Gasteiger partial charge in [-0.3, -0.25) is 24.6 Å². The molecule has 2 saturated heterocycles. The maximum Gasteiger partial charge on any atom is 0.274 e. The van der Waals surface area contributed by atoms with Crippen LogP contribution in [-0.2, 0) is 23.1 Å².